The molecule has 0 atom stereocenters. The molecule has 21 heavy (non-hydrogen) atoms. The molecule has 1 aromatic carbocycles. The van der Waals surface area contributed by atoms with Crippen LogP contribution in [0.15, 0.2) is 41.6 Å². The van der Waals surface area contributed by atoms with Crippen molar-refractivity contribution in [1.29, 1.82) is 0 Å². The van der Waals surface area contributed by atoms with Crippen molar-refractivity contribution in [2.24, 2.45) is 10.9 Å². The minimum Gasteiger partial charge on any atom is -0.438 e. The lowest BCUT2D eigenvalue weighted by Gasteiger charge is -2.14. The maximum atomic E-state index is 8.84. The summed E-state index contributed by atoms with van der Waals surface area (Å²) in [6, 6.07) is 11.1. The Morgan fingerprint density at radius 1 is 1.29 bits per heavy atom. The Labute approximate surface area is 123 Å². The van der Waals surface area contributed by atoms with Crippen LogP contribution < -0.4 is 15.4 Å². The first-order valence-corrected chi connectivity index (χ1v) is 6.42. The summed E-state index contributed by atoms with van der Waals surface area (Å²) in [6.07, 6.45) is 0. The molecule has 0 aliphatic carbocycles. The fourth-order valence-corrected chi connectivity index (χ4v) is 1.80. The molecule has 6 heteroatoms. The summed E-state index contributed by atoms with van der Waals surface area (Å²) in [5, 5.41) is 11.8. The van der Waals surface area contributed by atoms with E-state index >= 15 is 0 Å². The standard InChI is InChI=1S/C15H18N4O2/c1-10-7-8-13(14(16)18-20)15(17-10)21-12-6-4-5-11(9-12)19(2)3/h4-9,20H,1-3H3,(H2,16,18). The first kappa shape index (κ1) is 14.6. The SMILES string of the molecule is Cc1ccc(C(N)=NO)c(Oc2cccc(N(C)C)c2)n1. The van der Waals surface area contributed by atoms with Gasteiger partial charge in [0.25, 0.3) is 0 Å². The van der Waals surface area contributed by atoms with Gasteiger partial charge < -0.3 is 20.6 Å². The number of hydrogen-bond donors (Lipinski definition) is 2. The Kier molecular flexibility index (Phi) is 4.27. The van der Waals surface area contributed by atoms with Gasteiger partial charge in [0.2, 0.25) is 5.88 Å². The molecule has 0 amide bonds. The number of aryl methyl sites for hydroxylation is 1. The van der Waals surface area contributed by atoms with Crippen molar-refractivity contribution in [3.63, 3.8) is 0 Å². The van der Waals surface area contributed by atoms with E-state index in [-0.39, 0.29) is 5.84 Å². The van der Waals surface area contributed by atoms with Gasteiger partial charge in [0.05, 0.1) is 5.56 Å². The molecule has 1 heterocycles. The molecule has 0 fully saturated rings. The van der Waals surface area contributed by atoms with E-state index in [9.17, 15) is 0 Å². The van der Waals surface area contributed by atoms with Gasteiger partial charge in [0.15, 0.2) is 5.84 Å². The Bertz CT molecular complexity index is 668. The van der Waals surface area contributed by atoms with E-state index in [1.54, 1.807) is 12.1 Å². The fraction of sp³-hybridized carbons (Fsp3) is 0.200. The lowest BCUT2D eigenvalue weighted by atomic mass is 10.2. The molecule has 3 N–H and O–H groups in total. The highest BCUT2D eigenvalue weighted by atomic mass is 16.5. The van der Waals surface area contributed by atoms with Gasteiger partial charge in [-0.3, -0.25) is 0 Å². The molecule has 2 rings (SSSR count). The number of aromatic nitrogens is 1. The van der Waals surface area contributed by atoms with Crippen LogP contribution in [0, 0.1) is 6.92 Å². The van der Waals surface area contributed by atoms with Gasteiger partial charge in [-0.25, -0.2) is 4.98 Å². The van der Waals surface area contributed by atoms with Crippen LogP contribution in [0.2, 0.25) is 0 Å². The van der Waals surface area contributed by atoms with E-state index in [4.69, 9.17) is 15.7 Å². The maximum absolute atomic E-state index is 8.84. The van der Waals surface area contributed by atoms with Crippen LogP contribution >= 0.6 is 0 Å². The average Bonchev–Trinajstić information content (AvgIpc) is 2.47. The number of benzene rings is 1. The van der Waals surface area contributed by atoms with Crippen molar-refractivity contribution >= 4 is 11.5 Å². The van der Waals surface area contributed by atoms with Crippen LogP contribution in [0.4, 0.5) is 5.69 Å². The van der Waals surface area contributed by atoms with Gasteiger partial charge in [0.1, 0.15) is 5.75 Å². The highest BCUT2D eigenvalue weighted by Gasteiger charge is 2.12. The number of amidine groups is 1. The second-order valence-corrected chi connectivity index (χ2v) is 4.78. The zero-order chi connectivity index (χ0) is 15.4. The van der Waals surface area contributed by atoms with Crippen molar-refractivity contribution in [3.05, 3.63) is 47.7 Å². The molecule has 6 nitrogen and oxygen atoms in total. The highest BCUT2D eigenvalue weighted by molar-refractivity contribution is 5.99. The van der Waals surface area contributed by atoms with E-state index in [1.807, 2.05) is 50.2 Å². The number of rotatable bonds is 4. The third-order valence-corrected chi connectivity index (χ3v) is 2.93. The van der Waals surface area contributed by atoms with Crippen molar-refractivity contribution in [3.8, 4) is 11.6 Å². The monoisotopic (exact) mass is 286 g/mol. The van der Waals surface area contributed by atoms with E-state index in [1.165, 1.54) is 0 Å². The summed E-state index contributed by atoms with van der Waals surface area (Å²) in [6.45, 7) is 1.85. The molecule has 0 saturated carbocycles. The van der Waals surface area contributed by atoms with E-state index < -0.39 is 0 Å². The molecule has 2 aromatic rings. The molecule has 0 spiro atoms. The van der Waals surface area contributed by atoms with Gasteiger partial charge in [0, 0.05) is 31.5 Å². The lowest BCUT2D eigenvalue weighted by molar-refractivity contribution is 0.318. The predicted octanol–water partition coefficient (Wildman–Crippen LogP) is 2.34. The van der Waals surface area contributed by atoms with Crippen LogP contribution in [0.1, 0.15) is 11.3 Å². The average molecular weight is 286 g/mol. The second-order valence-electron chi connectivity index (χ2n) is 4.78. The molecule has 0 aliphatic heterocycles. The van der Waals surface area contributed by atoms with Crippen LogP contribution in [0.5, 0.6) is 11.6 Å². The number of pyridine rings is 1. The van der Waals surface area contributed by atoms with E-state index in [2.05, 4.69) is 10.1 Å². The summed E-state index contributed by atoms with van der Waals surface area (Å²) in [5.41, 5.74) is 7.88. The molecular formula is C15H18N4O2. The van der Waals surface area contributed by atoms with E-state index in [0.29, 0.717) is 17.2 Å². The van der Waals surface area contributed by atoms with Crippen LogP contribution in [0.3, 0.4) is 0 Å². The van der Waals surface area contributed by atoms with Gasteiger partial charge >= 0.3 is 0 Å². The summed E-state index contributed by atoms with van der Waals surface area (Å²) >= 11 is 0. The number of anilines is 1. The molecular weight excluding hydrogens is 268 g/mol. The number of oxime groups is 1. The Morgan fingerprint density at radius 3 is 2.71 bits per heavy atom. The first-order chi connectivity index (χ1) is 10.0. The van der Waals surface area contributed by atoms with Gasteiger partial charge in [-0.1, -0.05) is 11.2 Å². The number of nitrogens with two attached hydrogens (primary N) is 1. The van der Waals surface area contributed by atoms with Crippen molar-refractivity contribution in [2.45, 2.75) is 6.92 Å². The summed E-state index contributed by atoms with van der Waals surface area (Å²) in [5.74, 6) is 0.897. The third kappa shape index (κ3) is 3.42. The molecule has 0 aliphatic rings. The van der Waals surface area contributed by atoms with Crippen LogP contribution in [-0.4, -0.2) is 30.1 Å². The smallest absolute Gasteiger partial charge is 0.230 e. The number of hydrogen-bond acceptors (Lipinski definition) is 5. The fourth-order valence-electron chi connectivity index (χ4n) is 1.80. The second kappa shape index (κ2) is 6.13. The topological polar surface area (TPSA) is 84.0 Å². The van der Waals surface area contributed by atoms with Crippen LogP contribution in [0.25, 0.3) is 0 Å². The third-order valence-electron chi connectivity index (χ3n) is 2.93. The van der Waals surface area contributed by atoms with Gasteiger partial charge in [-0.05, 0) is 31.2 Å². The van der Waals surface area contributed by atoms with Crippen molar-refractivity contribution in [1.82, 2.24) is 4.98 Å². The first-order valence-electron chi connectivity index (χ1n) is 6.42. The summed E-state index contributed by atoms with van der Waals surface area (Å²) in [4.78, 5) is 6.28. The molecule has 0 radical (unpaired) electrons. The number of nitrogens with zero attached hydrogens (tertiary/aromatic N) is 3. The quantitative estimate of drug-likeness (QED) is 0.390. The summed E-state index contributed by atoms with van der Waals surface area (Å²) < 4.78 is 5.79. The minimum absolute atomic E-state index is 0.0405. The van der Waals surface area contributed by atoms with Gasteiger partial charge in [-0.2, -0.15) is 0 Å². The number of ether oxygens (including phenoxy) is 1. The van der Waals surface area contributed by atoms with Crippen molar-refractivity contribution in [2.75, 3.05) is 19.0 Å². The zero-order valence-corrected chi connectivity index (χ0v) is 12.2. The molecule has 110 valence electrons. The normalized spacial score (nSPS) is 11.3. The van der Waals surface area contributed by atoms with Crippen LogP contribution in [-0.2, 0) is 0 Å². The highest BCUT2D eigenvalue weighted by Crippen LogP contribution is 2.26. The molecule has 0 saturated heterocycles. The molecule has 0 unspecified atom stereocenters. The maximum Gasteiger partial charge on any atom is 0.230 e. The Balaban J connectivity index is 2.39. The van der Waals surface area contributed by atoms with Crippen molar-refractivity contribution < 1.29 is 9.94 Å². The Morgan fingerprint density at radius 2 is 2.05 bits per heavy atom. The zero-order valence-electron chi connectivity index (χ0n) is 12.2. The summed E-state index contributed by atoms with van der Waals surface area (Å²) in [7, 11) is 3.90. The van der Waals surface area contributed by atoms with Gasteiger partial charge in [-0.15, -0.1) is 0 Å². The largest absolute Gasteiger partial charge is 0.438 e. The lowest BCUT2D eigenvalue weighted by Crippen LogP contribution is -2.15. The Hall–Kier alpha value is -2.76. The predicted molar refractivity (Wildman–Crippen MR) is 82.3 cm³/mol. The molecule has 1 aromatic heterocycles. The minimum atomic E-state index is -0.0405. The van der Waals surface area contributed by atoms with E-state index in [0.717, 1.165) is 11.4 Å². The molecule has 0 bridgehead atoms.